The van der Waals surface area contributed by atoms with Crippen LogP contribution in [0.1, 0.15) is 24.8 Å². The number of benzene rings is 2. The molecule has 2 aliphatic rings. The molecule has 2 fully saturated rings. The fourth-order valence-electron chi connectivity index (χ4n) is 5.29. The Hall–Kier alpha value is -3.75. The maximum absolute atomic E-state index is 10.1. The van der Waals surface area contributed by atoms with Crippen molar-refractivity contribution in [2.24, 2.45) is 0 Å². The highest BCUT2D eigenvalue weighted by molar-refractivity contribution is 5.99. The Kier molecular flexibility index (Phi) is 6.59. The molecule has 2 aromatic carbocycles. The second-order valence-corrected chi connectivity index (χ2v) is 9.88. The number of nitrogens with one attached hydrogen (secondary N) is 2. The van der Waals surface area contributed by atoms with E-state index in [4.69, 9.17) is 9.72 Å². The first-order valence-corrected chi connectivity index (χ1v) is 13.0. The second kappa shape index (κ2) is 10.3. The van der Waals surface area contributed by atoms with Crippen molar-refractivity contribution >= 4 is 22.4 Å². The number of hydrogen-bond donors (Lipinski definition) is 3. The van der Waals surface area contributed by atoms with Gasteiger partial charge in [0.2, 0.25) is 11.8 Å². The molecule has 0 spiro atoms. The first kappa shape index (κ1) is 23.6. The van der Waals surface area contributed by atoms with E-state index >= 15 is 0 Å². The molecule has 0 saturated carbocycles. The van der Waals surface area contributed by atoms with Gasteiger partial charge < -0.3 is 25.4 Å². The zero-order valence-electron chi connectivity index (χ0n) is 21.0. The van der Waals surface area contributed by atoms with Gasteiger partial charge in [0, 0.05) is 54.5 Å². The first-order chi connectivity index (χ1) is 18.2. The molecule has 1 unspecified atom stereocenters. The third kappa shape index (κ3) is 4.95. The predicted molar refractivity (Wildman–Crippen MR) is 146 cm³/mol. The monoisotopic (exact) mass is 496 g/mol. The van der Waals surface area contributed by atoms with Gasteiger partial charge in [-0.3, -0.25) is 0 Å². The number of rotatable bonds is 6. The zero-order chi connectivity index (χ0) is 25.2. The lowest BCUT2D eigenvalue weighted by Crippen LogP contribution is -2.38. The molecular weight excluding hydrogens is 464 g/mol. The molecule has 6 rings (SSSR count). The van der Waals surface area contributed by atoms with Crippen molar-refractivity contribution < 1.29 is 9.84 Å². The molecule has 2 saturated heterocycles. The maximum atomic E-state index is 10.1. The lowest BCUT2D eigenvalue weighted by Gasteiger charge is -2.23. The summed E-state index contributed by atoms with van der Waals surface area (Å²) < 4.78 is 6.57. The Morgan fingerprint density at radius 2 is 1.97 bits per heavy atom. The number of ether oxygens (including phenoxy) is 1. The normalized spacial score (nSPS) is 19.8. The highest BCUT2D eigenvalue weighted by Crippen LogP contribution is 2.40. The van der Waals surface area contributed by atoms with Crippen LogP contribution in [0.15, 0.2) is 60.9 Å². The van der Waals surface area contributed by atoms with Crippen molar-refractivity contribution in [2.75, 3.05) is 36.4 Å². The third-order valence-corrected chi connectivity index (χ3v) is 7.22. The van der Waals surface area contributed by atoms with Crippen LogP contribution in [0.4, 0.5) is 11.6 Å². The SMILES string of the molecule is Cc1ccc2c(N3CCC(O)C3)cccc2c1Oc1ncccc1-c1ccnc(N[C@H]2CCCNC2)n1. The average molecular weight is 497 g/mol. The van der Waals surface area contributed by atoms with E-state index in [0.29, 0.717) is 24.4 Å². The summed E-state index contributed by atoms with van der Waals surface area (Å²) in [6.07, 6.45) is 6.26. The maximum Gasteiger partial charge on any atom is 0.228 e. The Bertz CT molecular complexity index is 1400. The van der Waals surface area contributed by atoms with E-state index in [0.717, 1.165) is 77.9 Å². The van der Waals surface area contributed by atoms with Crippen molar-refractivity contribution in [3.63, 3.8) is 0 Å². The summed E-state index contributed by atoms with van der Waals surface area (Å²) in [6.45, 7) is 5.51. The van der Waals surface area contributed by atoms with E-state index in [-0.39, 0.29) is 6.10 Å². The van der Waals surface area contributed by atoms with Crippen LogP contribution < -0.4 is 20.3 Å². The summed E-state index contributed by atoms with van der Waals surface area (Å²) in [5.41, 5.74) is 3.71. The minimum Gasteiger partial charge on any atom is -0.437 e. The van der Waals surface area contributed by atoms with E-state index in [9.17, 15) is 5.11 Å². The van der Waals surface area contributed by atoms with Crippen molar-refractivity contribution in [3.8, 4) is 22.9 Å². The number of piperidine rings is 1. The molecule has 0 bridgehead atoms. The summed E-state index contributed by atoms with van der Waals surface area (Å²) in [7, 11) is 0. The average Bonchev–Trinajstić information content (AvgIpc) is 3.37. The Balaban J connectivity index is 1.34. The van der Waals surface area contributed by atoms with Gasteiger partial charge in [0.15, 0.2) is 0 Å². The van der Waals surface area contributed by atoms with Gasteiger partial charge in [-0.25, -0.2) is 15.0 Å². The van der Waals surface area contributed by atoms with Gasteiger partial charge in [0.1, 0.15) is 5.75 Å². The topological polar surface area (TPSA) is 95.4 Å². The van der Waals surface area contributed by atoms with Crippen molar-refractivity contribution in [3.05, 3.63) is 66.5 Å². The number of anilines is 2. The Morgan fingerprint density at radius 1 is 1.03 bits per heavy atom. The van der Waals surface area contributed by atoms with Gasteiger partial charge >= 0.3 is 0 Å². The Morgan fingerprint density at radius 3 is 2.81 bits per heavy atom. The molecule has 8 nitrogen and oxygen atoms in total. The fourth-order valence-corrected chi connectivity index (χ4v) is 5.29. The number of β-amino-alcohol motifs (C(OH)–C–C–N with tert-alkyl or cyclic N) is 1. The molecule has 2 atom stereocenters. The van der Waals surface area contributed by atoms with Crippen LogP contribution >= 0.6 is 0 Å². The van der Waals surface area contributed by atoms with Gasteiger partial charge in [0.25, 0.3) is 0 Å². The van der Waals surface area contributed by atoms with Gasteiger partial charge in [-0.15, -0.1) is 0 Å². The third-order valence-electron chi connectivity index (χ3n) is 7.22. The standard InChI is InChI=1S/C29H32N6O2/c1-19-9-10-22-23(6-2-8-26(22)35-16-12-21(36)18-35)27(19)37-28-24(7-4-14-31-28)25-11-15-32-29(34-25)33-20-5-3-13-30-17-20/h2,4,6-11,14-15,20-21,30,36H,3,5,12-13,16-18H2,1H3,(H,32,33,34)/t20-,21?/m0/s1. The molecule has 0 aliphatic carbocycles. The van der Waals surface area contributed by atoms with Crippen LogP contribution in [0.25, 0.3) is 22.0 Å². The molecule has 2 aliphatic heterocycles. The van der Waals surface area contributed by atoms with Gasteiger partial charge in [-0.2, -0.15) is 0 Å². The molecule has 190 valence electrons. The van der Waals surface area contributed by atoms with Gasteiger partial charge in [-0.05, 0) is 62.6 Å². The number of hydrogen-bond acceptors (Lipinski definition) is 8. The number of fused-ring (bicyclic) bond motifs is 1. The van der Waals surface area contributed by atoms with Gasteiger partial charge in [-0.1, -0.05) is 24.3 Å². The molecule has 37 heavy (non-hydrogen) atoms. The number of nitrogens with zero attached hydrogens (tertiary/aromatic N) is 4. The van der Waals surface area contributed by atoms with Crippen LogP contribution in [0.3, 0.4) is 0 Å². The molecule has 4 aromatic rings. The van der Waals surface area contributed by atoms with Crippen LogP contribution in [-0.4, -0.2) is 58.4 Å². The van der Waals surface area contributed by atoms with Crippen molar-refractivity contribution in [1.29, 1.82) is 0 Å². The zero-order valence-corrected chi connectivity index (χ0v) is 21.0. The summed E-state index contributed by atoms with van der Waals surface area (Å²) in [5.74, 6) is 1.89. The summed E-state index contributed by atoms with van der Waals surface area (Å²) >= 11 is 0. The van der Waals surface area contributed by atoms with E-state index in [1.807, 2.05) is 18.2 Å². The fraction of sp³-hybridized carbons (Fsp3) is 0.345. The van der Waals surface area contributed by atoms with E-state index in [1.165, 1.54) is 0 Å². The molecule has 3 N–H and O–H groups in total. The van der Waals surface area contributed by atoms with Crippen LogP contribution in [0.5, 0.6) is 11.6 Å². The van der Waals surface area contributed by atoms with Gasteiger partial charge in [0.05, 0.1) is 17.4 Å². The summed E-state index contributed by atoms with van der Waals surface area (Å²) in [4.78, 5) is 16.1. The van der Waals surface area contributed by atoms with Crippen LogP contribution in [0, 0.1) is 6.92 Å². The molecule has 8 heteroatoms. The number of aromatic nitrogens is 3. The quantitative estimate of drug-likeness (QED) is 0.359. The molecule has 4 heterocycles. The number of aryl methyl sites for hydroxylation is 1. The Labute approximate surface area is 216 Å². The first-order valence-electron chi connectivity index (χ1n) is 13.0. The van der Waals surface area contributed by atoms with E-state index in [1.54, 1.807) is 12.4 Å². The smallest absolute Gasteiger partial charge is 0.228 e. The molecule has 0 radical (unpaired) electrons. The predicted octanol–water partition coefficient (Wildman–Crippen LogP) is 4.53. The molecular formula is C29H32N6O2. The lowest BCUT2D eigenvalue weighted by atomic mass is 10.0. The second-order valence-electron chi connectivity index (χ2n) is 9.88. The van der Waals surface area contributed by atoms with E-state index in [2.05, 4.69) is 62.8 Å². The summed E-state index contributed by atoms with van der Waals surface area (Å²) in [5, 5.41) is 19.1. The molecule has 0 amide bonds. The van der Waals surface area contributed by atoms with Crippen molar-refractivity contribution in [2.45, 2.75) is 38.3 Å². The number of aliphatic hydroxyl groups excluding tert-OH is 1. The molecule has 2 aromatic heterocycles. The van der Waals surface area contributed by atoms with E-state index < -0.39 is 0 Å². The lowest BCUT2D eigenvalue weighted by molar-refractivity contribution is 0.198. The van der Waals surface area contributed by atoms with Crippen LogP contribution in [-0.2, 0) is 0 Å². The number of aliphatic hydroxyl groups is 1. The minimum absolute atomic E-state index is 0.283. The minimum atomic E-state index is -0.283. The largest absolute Gasteiger partial charge is 0.437 e. The summed E-state index contributed by atoms with van der Waals surface area (Å²) in [6, 6.07) is 16.6. The van der Waals surface area contributed by atoms with Crippen molar-refractivity contribution in [1.82, 2.24) is 20.3 Å². The number of pyridine rings is 1. The van der Waals surface area contributed by atoms with Crippen LogP contribution in [0.2, 0.25) is 0 Å². The highest BCUT2D eigenvalue weighted by atomic mass is 16.5. The highest BCUT2D eigenvalue weighted by Gasteiger charge is 2.23.